The standard InChI is InChI=1S/C23H24/c1-3-9-17(10-4-1)22-19-13-7-14-20(19)23(22,21(22)15-8-16-21)18-11-5-2-6-12-18/h1-6,9-12,19-20H,7-8,13-16H2. The fourth-order valence-electron chi connectivity index (χ4n) is 8.10. The molecule has 0 aromatic heterocycles. The van der Waals surface area contributed by atoms with Gasteiger partial charge in [0.05, 0.1) is 0 Å². The summed E-state index contributed by atoms with van der Waals surface area (Å²) in [5.74, 6) is 1.90. The summed E-state index contributed by atoms with van der Waals surface area (Å²) in [6.07, 6.45) is 8.76. The highest BCUT2D eigenvalue weighted by atomic mass is 15.0. The van der Waals surface area contributed by atoms with Gasteiger partial charge in [0.25, 0.3) is 0 Å². The van der Waals surface area contributed by atoms with E-state index >= 15 is 0 Å². The Labute approximate surface area is 138 Å². The molecule has 6 rings (SSSR count). The van der Waals surface area contributed by atoms with E-state index in [9.17, 15) is 0 Å². The van der Waals surface area contributed by atoms with E-state index in [2.05, 4.69) is 60.7 Å². The third-order valence-corrected chi connectivity index (χ3v) is 8.36. The number of benzene rings is 2. The number of fused-ring (bicyclic) bond motifs is 6. The SMILES string of the molecule is c1ccc(C23C4CCCC4C2(c2ccccc2)C32CCC2)cc1. The molecule has 4 fully saturated rings. The van der Waals surface area contributed by atoms with Gasteiger partial charge in [-0.1, -0.05) is 73.5 Å². The van der Waals surface area contributed by atoms with E-state index in [-0.39, 0.29) is 0 Å². The summed E-state index contributed by atoms with van der Waals surface area (Å²) >= 11 is 0. The fourth-order valence-corrected chi connectivity index (χ4v) is 8.10. The monoisotopic (exact) mass is 300 g/mol. The largest absolute Gasteiger partial charge is 0.0622 e. The van der Waals surface area contributed by atoms with Gasteiger partial charge >= 0.3 is 0 Å². The van der Waals surface area contributed by atoms with Gasteiger partial charge in [0.1, 0.15) is 0 Å². The Hall–Kier alpha value is -1.56. The molecule has 4 aliphatic carbocycles. The Kier molecular flexibility index (Phi) is 2.18. The van der Waals surface area contributed by atoms with Crippen molar-refractivity contribution in [2.24, 2.45) is 17.3 Å². The predicted molar refractivity (Wildman–Crippen MR) is 93.4 cm³/mol. The molecule has 2 aromatic carbocycles. The number of hydrogen-bond acceptors (Lipinski definition) is 0. The van der Waals surface area contributed by atoms with Crippen molar-refractivity contribution in [3.05, 3.63) is 71.8 Å². The third kappa shape index (κ3) is 1.05. The molecule has 4 unspecified atom stereocenters. The van der Waals surface area contributed by atoms with Gasteiger partial charge in [-0.2, -0.15) is 0 Å². The smallest absolute Gasteiger partial charge is 0.0155 e. The molecule has 2 aromatic rings. The van der Waals surface area contributed by atoms with Crippen LogP contribution < -0.4 is 0 Å². The second-order valence-electron chi connectivity index (χ2n) is 8.43. The van der Waals surface area contributed by atoms with Crippen LogP contribution in [0.5, 0.6) is 0 Å². The molecule has 0 heterocycles. The van der Waals surface area contributed by atoms with E-state index in [1.54, 1.807) is 11.1 Å². The van der Waals surface area contributed by atoms with Crippen LogP contribution in [0.3, 0.4) is 0 Å². The van der Waals surface area contributed by atoms with Crippen LogP contribution in [-0.2, 0) is 10.8 Å². The molecule has 0 saturated heterocycles. The van der Waals surface area contributed by atoms with E-state index in [1.807, 2.05) is 0 Å². The summed E-state index contributed by atoms with van der Waals surface area (Å²) in [6, 6.07) is 23.2. The summed E-state index contributed by atoms with van der Waals surface area (Å²) in [5.41, 5.74) is 4.86. The number of rotatable bonds is 2. The molecule has 4 saturated carbocycles. The van der Waals surface area contributed by atoms with Crippen molar-refractivity contribution in [3.8, 4) is 0 Å². The zero-order valence-corrected chi connectivity index (χ0v) is 13.7. The lowest BCUT2D eigenvalue weighted by atomic mass is 9.54. The lowest BCUT2D eigenvalue weighted by molar-refractivity contribution is 0.120. The minimum Gasteiger partial charge on any atom is -0.0622 e. The maximum absolute atomic E-state index is 2.44. The van der Waals surface area contributed by atoms with Crippen molar-refractivity contribution < 1.29 is 0 Å². The average molecular weight is 300 g/mol. The Morgan fingerprint density at radius 1 is 0.609 bits per heavy atom. The minimum absolute atomic E-state index is 0.474. The van der Waals surface area contributed by atoms with Crippen LogP contribution in [0, 0.1) is 17.3 Å². The highest BCUT2D eigenvalue weighted by Gasteiger charge is 2.99. The molecule has 0 amide bonds. The molecule has 0 N–H and O–H groups in total. The summed E-state index contributed by atoms with van der Waals surface area (Å²) < 4.78 is 0. The topological polar surface area (TPSA) is 0 Å². The van der Waals surface area contributed by atoms with Gasteiger partial charge in [-0.3, -0.25) is 0 Å². The second kappa shape index (κ2) is 3.91. The molecule has 0 heteroatoms. The molecule has 23 heavy (non-hydrogen) atoms. The summed E-state index contributed by atoms with van der Waals surface area (Å²) in [6.45, 7) is 0. The van der Waals surface area contributed by atoms with Crippen LogP contribution in [0.2, 0.25) is 0 Å². The van der Waals surface area contributed by atoms with Gasteiger partial charge < -0.3 is 0 Å². The van der Waals surface area contributed by atoms with Crippen LogP contribution in [0.25, 0.3) is 0 Å². The highest BCUT2D eigenvalue weighted by molar-refractivity contribution is 5.66. The molecule has 0 radical (unpaired) electrons. The van der Waals surface area contributed by atoms with E-state index < -0.39 is 0 Å². The van der Waals surface area contributed by atoms with Crippen LogP contribution in [0.4, 0.5) is 0 Å². The Bertz CT molecular complexity index is 696. The minimum atomic E-state index is 0.474. The Morgan fingerprint density at radius 2 is 1.09 bits per heavy atom. The van der Waals surface area contributed by atoms with E-state index in [1.165, 1.54) is 38.5 Å². The van der Waals surface area contributed by atoms with Gasteiger partial charge in [-0.05, 0) is 54.1 Å². The Balaban J connectivity index is 1.63. The molecule has 116 valence electrons. The first-order valence-electron chi connectivity index (χ1n) is 9.51. The maximum atomic E-state index is 2.44. The Morgan fingerprint density at radius 3 is 1.48 bits per heavy atom. The number of hydrogen-bond donors (Lipinski definition) is 0. The molecular weight excluding hydrogens is 276 g/mol. The zero-order valence-electron chi connectivity index (χ0n) is 13.7. The molecule has 1 spiro atoms. The molecular formula is C23H24. The summed E-state index contributed by atoms with van der Waals surface area (Å²) in [4.78, 5) is 0. The lowest BCUT2D eigenvalue weighted by Gasteiger charge is -2.49. The van der Waals surface area contributed by atoms with Crippen molar-refractivity contribution in [2.45, 2.75) is 49.4 Å². The summed E-state index contributed by atoms with van der Waals surface area (Å²) in [7, 11) is 0. The van der Waals surface area contributed by atoms with Gasteiger partial charge in [0.2, 0.25) is 0 Å². The van der Waals surface area contributed by atoms with Gasteiger partial charge in [-0.25, -0.2) is 0 Å². The molecule has 0 nitrogen and oxygen atoms in total. The summed E-state index contributed by atoms with van der Waals surface area (Å²) in [5, 5.41) is 0. The zero-order chi connectivity index (χ0) is 15.1. The van der Waals surface area contributed by atoms with Crippen molar-refractivity contribution >= 4 is 0 Å². The van der Waals surface area contributed by atoms with E-state index in [0.29, 0.717) is 16.2 Å². The van der Waals surface area contributed by atoms with Crippen molar-refractivity contribution in [1.29, 1.82) is 0 Å². The first kappa shape index (κ1) is 12.8. The van der Waals surface area contributed by atoms with Gasteiger partial charge in [0.15, 0.2) is 0 Å². The van der Waals surface area contributed by atoms with Gasteiger partial charge in [0, 0.05) is 10.8 Å². The second-order valence-corrected chi connectivity index (χ2v) is 8.43. The first-order valence-corrected chi connectivity index (χ1v) is 9.51. The predicted octanol–water partition coefficient (Wildman–Crippen LogP) is 5.48. The average Bonchev–Trinajstić information content (AvgIpc) is 2.80. The van der Waals surface area contributed by atoms with Crippen molar-refractivity contribution in [3.63, 3.8) is 0 Å². The lowest BCUT2D eigenvalue weighted by Crippen LogP contribution is -2.49. The normalized spacial score (nSPS) is 41.6. The van der Waals surface area contributed by atoms with Crippen LogP contribution in [0.15, 0.2) is 60.7 Å². The maximum Gasteiger partial charge on any atom is 0.0155 e. The van der Waals surface area contributed by atoms with Crippen molar-refractivity contribution in [1.82, 2.24) is 0 Å². The van der Waals surface area contributed by atoms with Crippen LogP contribution >= 0.6 is 0 Å². The fraction of sp³-hybridized carbons (Fsp3) is 0.478. The third-order valence-electron chi connectivity index (χ3n) is 8.36. The van der Waals surface area contributed by atoms with E-state index in [0.717, 1.165) is 11.8 Å². The first-order chi connectivity index (χ1) is 11.4. The van der Waals surface area contributed by atoms with E-state index in [4.69, 9.17) is 0 Å². The van der Waals surface area contributed by atoms with Gasteiger partial charge in [-0.15, -0.1) is 0 Å². The molecule has 4 atom stereocenters. The van der Waals surface area contributed by atoms with Crippen LogP contribution in [-0.4, -0.2) is 0 Å². The van der Waals surface area contributed by atoms with Crippen molar-refractivity contribution in [2.75, 3.05) is 0 Å². The molecule has 0 aliphatic heterocycles. The highest BCUT2D eigenvalue weighted by Crippen LogP contribution is 2.99. The molecule has 4 aliphatic rings. The molecule has 0 bridgehead atoms. The quantitative estimate of drug-likeness (QED) is 0.689. The van der Waals surface area contributed by atoms with Crippen LogP contribution in [0.1, 0.15) is 49.7 Å².